The Labute approximate surface area is 132 Å². The van der Waals surface area contributed by atoms with Crippen LogP contribution < -0.4 is 0 Å². The molecule has 1 aromatic carbocycles. The number of aromatic amines is 1. The highest BCUT2D eigenvalue weighted by Gasteiger charge is 2.17. The second-order valence-electron chi connectivity index (χ2n) is 4.89. The summed E-state index contributed by atoms with van der Waals surface area (Å²) in [5, 5.41) is 1.38. The monoisotopic (exact) mass is 325 g/mol. The molecule has 104 valence electrons. The number of hydrogen-bond donors (Lipinski definition) is 1. The molecule has 2 aromatic rings. The molecule has 20 heavy (non-hydrogen) atoms. The Balaban J connectivity index is 1.77. The number of benzene rings is 1. The van der Waals surface area contributed by atoms with Crippen LogP contribution in [0.15, 0.2) is 24.4 Å². The van der Waals surface area contributed by atoms with Crippen LogP contribution in [-0.2, 0) is 19.5 Å². The third-order valence-corrected chi connectivity index (χ3v) is 4.26. The number of hydrogen-bond acceptors (Lipinski definition) is 3. The molecule has 0 fully saturated rings. The molecular formula is C14H13Cl2N3S. The summed E-state index contributed by atoms with van der Waals surface area (Å²) in [6, 6.07) is 5.64. The predicted molar refractivity (Wildman–Crippen MR) is 83.7 cm³/mol. The van der Waals surface area contributed by atoms with Gasteiger partial charge in [0, 0.05) is 53.6 Å². The molecule has 6 heteroatoms. The Kier molecular flexibility index (Phi) is 4.08. The van der Waals surface area contributed by atoms with Crippen molar-refractivity contribution in [2.45, 2.75) is 19.5 Å². The highest BCUT2D eigenvalue weighted by atomic mass is 35.5. The Morgan fingerprint density at radius 1 is 1.35 bits per heavy atom. The second-order valence-corrected chi connectivity index (χ2v) is 6.12. The topological polar surface area (TPSA) is 31.9 Å². The fourth-order valence-corrected chi connectivity index (χ4v) is 3.08. The molecule has 1 N–H and O–H groups in total. The molecule has 0 bridgehead atoms. The second kappa shape index (κ2) is 5.82. The van der Waals surface area contributed by atoms with Gasteiger partial charge >= 0.3 is 0 Å². The van der Waals surface area contributed by atoms with E-state index in [4.69, 9.17) is 35.4 Å². The first-order chi connectivity index (χ1) is 9.61. The van der Waals surface area contributed by atoms with E-state index in [1.165, 1.54) is 11.3 Å². The largest absolute Gasteiger partial charge is 0.334 e. The SMILES string of the molecule is S=c1ncc2c([nH]1)CCN(Cc1ccc(Cl)cc1Cl)C2. The number of rotatable bonds is 2. The molecule has 1 aliphatic heterocycles. The van der Waals surface area contributed by atoms with E-state index in [2.05, 4.69) is 14.9 Å². The van der Waals surface area contributed by atoms with Gasteiger partial charge < -0.3 is 4.98 Å². The van der Waals surface area contributed by atoms with Gasteiger partial charge in [-0.1, -0.05) is 29.3 Å². The molecule has 2 heterocycles. The Hall–Kier alpha value is -0.940. The first-order valence-corrected chi connectivity index (χ1v) is 7.51. The number of aromatic nitrogens is 2. The number of nitrogens with zero attached hydrogens (tertiary/aromatic N) is 2. The average Bonchev–Trinajstić information content (AvgIpc) is 2.42. The van der Waals surface area contributed by atoms with Crippen molar-refractivity contribution >= 4 is 35.4 Å². The summed E-state index contributed by atoms with van der Waals surface area (Å²) in [6.45, 7) is 2.64. The molecular weight excluding hydrogens is 313 g/mol. The van der Waals surface area contributed by atoms with Crippen LogP contribution in [0, 0.1) is 4.77 Å². The summed E-state index contributed by atoms with van der Waals surface area (Å²) in [7, 11) is 0. The van der Waals surface area contributed by atoms with Gasteiger partial charge in [0.05, 0.1) is 0 Å². The molecule has 1 aliphatic rings. The lowest BCUT2D eigenvalue weighted by atomic mass is 10.1. The molecule has 0 spiro atoms. The molecule has 0 saturated carbocycles. The summed E-state index contributed by atoms with van der Waals surface area (Å²) in [6.07, 6.45) is 2.82. The number of halogens is 2. The third-order valence-electron chi connectivity index (χ3n) is 3.46. The summed E-state index contributed by atoms with van der Waals surface area (Å²) in [5.74, 6) is 0. The Morgan fingerprint density at radius 3 is 3.00 bits per heavy atom. The fourth-order valence-electron chi connectivity index (χ4n) is 2.43. The van der Waals surface area contributed by atoms with Gasteiger partial charge in [-0.2, -0.15) is 0 Å². The van der Waals surface area contributed by atoms with E-state index in [0.29, 0.717) is 14.8 Å². The molecule has 0 radical (unpaired) electrons. The van der Waals surface area contributed by atoms with Gasteiger partial charge in [0.1, 0.15) is 0 Å². The fraction of sp³-hybridized carbons (Fsp3) is 0.286. The molecule has 3 rings (SSSR count). The van der Waals surface area contributed by atoms with E-state index in [0.717, 1.165) is 31.6 Å². The minimum atomic E-state index is 0.554. The van der Waals surface area contributed by atoms with Crippen LogP contribution in [0.3, 0.4) is 0 Å². The maximum Gasteiger partial charge on any atom is 0.196 e. The van der Waals surface area contributed by atoms with E-state index in [9.17, 15) is 0 Å². The van der Waals surface area contributed by atoms with Crippen LogP contribution in [-0.4, -0.2) is 21.4 Å². The molecule has 0 saturated heterocycles. The van der Waals surface area contributed by atoms with E-state index >= 15 is 0 Å². The van der Waals surface area contributed by atoms with Crippen molar-refractivity contribution in [3.8, 4) is 0 Å². The van der Waals surface area contributed by atoms with Crippen molar-refractivity contribution in [2.75, 3.05) is 6.54 Å². The maximum absolute atomic E-state index is 6.23. The average molecular weight is 326 g/mol. The normalized spacial score (nSPS) is 15.1. The van der Waals surface area contributed by atoms with Crippen LogP contribution in [0.1, 0.15) is 16.8 Å². The van der Waals surface area contributed by atoms with Crippen LogP contribution >= 0.6 is 35.4 Å². The maximum atomic E-state index is 6.23. The van der Waals surface area contributed by atoms with Gasteiger partial charge in [-0.3, -0.25) is 4.90 Å². The van der Waals surface area contributed by atoms with Crippen LogP contribution in [0.25, 0.3) is 0 Å². The summed E-state index contributed by atoms with van der Waals surface area (Å²) < 4.78 is 0.554. The molecule has 1 aromatic heterocycles. The standard InChI is InChI=1S/C14H13Cl2N3S/c15-11-2-1-9(12(16)5-11)7-19-4-3-13-10(8-19)6-17-14(20)18-13/h1-2,5-6H,3-4,7-8H2,(H,17,18,20). The van der Waals surface area contributed by atoms with Crippen molar-refractivity contribution in [1.29, 1.82) is 0 Å². The van der Waals surface area contributed by atoms with Crippen molar-refractivity contribution in [1.82, 2.24) is 14.9 Å². The molecule has 0 atom stereocenters. The van der Waals surface area contributed by atoms with E-state index < -0.39 is 0 Å². The zero-order chi connectivity index (χ0) is 14.1. The minimum absolute atomic E-state index is 0.554. The quantitative estimate of drug-likeness (QED) is 0.847. The van der Waals surface area contributed by atoms with Gasteiger partial charge in [-0.05, 0) is 29.9 Å². The van der Waals surface area contributed by atoms with Gasteiger partial charge in [-0.15, -0.1) is 0 Å². The van der Waals surface area contributed by atoms with Crippen LogP contribution in [0.4, 0.5) is 0 Å². The van der Waals surface area contributed by atoms with Crippen molar-refractivity contribution in [2.24, 2.45) is 0 Å². The zero-order valence-corrected chi connectivity index (χ0v) is 13.0. The lowest BCUT2D eigenvalue weighted by molar-refractivity contribution is 0.243. The summed E-state index contributed by atoms with van der Waals surface area (Å²) in [4.78, 5) is 9.66. The van der Waals surface area contributed by atoms with Gasteiger partial charge in [0.25, 0.3) is 0 Å². The Bertz CT molecular complexity index is 699. The van der Waals surface area contributed by atoms with Crippen molar-refractivity contribution in [3.05, 3.63) is 56.0 Å². The summed E-state index contributed by atoms with van der Waals surface area (Å²) >= 11 is 17.2. The van der Waals surface area contributed by atoms with Gasteiger partial charge in [0.2, 0.25) is 0 Å². The molecule has 0 aliphatic carbocycles. The van der Waals surface area contributed by atoms with E-state index in [1.807, 2.05) is 18.3 Å². The van der Waals surface area contributed by atoms with Crippen molar-refractivity contribution in [3.63, 3.8) is 0 Å². The first-order valence-electron chi connectivity index (χ1n) is 6.35. The third kappa shape index (κ3) is 3.04. The number of nitrogens with one attached hydrogen (secondary N) is 1. The highest BCUT2D eigenvalue weighted by Crippen LogP contribution is 2.24. The Morgan fingerprint density at radius 2 is 2.20 bits per heavy atom. The molecule has 0 unspecified atom stereocenters. The smallest absolute Gasteiger partial charge is 0.196 e. The number of fused-ring (bicyclic) bond motifs is 1. The molecule has 0 amide bonds. The predicted octanol–water partition coefficient (Wildman–Crippen LogP) is 4.00. The van der Waals surface area contributed by atoms with Crippen molar-refractivity contribution < 1.29 is 0 Å². The summed E-state index contributed by atoms with van der Waals surface area (Å²) in [5.41, 5.74) is 3.50. The van der Waals surface area contributed by atoms with Gasteiger partial charge in [0.15, 0.2) is 4.77 Å². The van der Waals surface area contributed by atoms with E-state index in [1.54, 1.807) is 6.07 Å². The van der Waals surface area contributed by atoms with Gasteiger partial charge in [-0.25, -0.2) is 4.98 Å². The minimum Gasteiger partial charge on any atom is -0.334 e. The zero-order valence-electron chi connectivity index (χ0n) is 10.7. The highest BCUT2D eigenvalue weighted by molar-refractivity contribution is 7.71. The van der Waals surface area contributed by atoms with Crippen LogP contribution in [0.2, 0.25) is 10.0 Å². The first kappa shape index (κ1) is 14.0. The van der Waals surface area contributed by atoms with Crippen LogP contribution in [0.5, 0.6) is 0 Å². The number of H-pyrrole nitrogens is 1. The molecule has 3 nitrogen and oxygen atoms in total. The lowest BCUT2D eigenvalue weighted by Crippen LogP contribution is -2.31. The lowest BCUT2D eigenvalue weighted by Gasteiger charge is -2.28. The van der Waals surface area contributed by atoms with E-state index in [-0.39, 0.29) is 0 Å².